The van der Waals surface area contributed by atoms with E-state index in [4.69, 9.17) is 9.26 Å². The number of rotatable bonds is 2. The Balaban J connectivity index is 0.00000168. The summed E-state index contributed by atoms with van der Waals surface area (Å²) in [4.78, 5) is 4.61. The Morgan fingerprint density at radius 2 is 1.65 bits per heavy atom. The Hall–Kier alpha value is -2.37. The van der Waals surface area contributed by atoms with Gasteiger partial charge in [-0.3, -0.25) is 0 Å². The zero-order chi connectivity index (χ0) is 16.6. The summed E-state index contributed by atoms with van der Waals surface area (Å²) in [6.07, 6.45) is 3.05. The highest BCUT2D eigenvalue weighted by molar-refractivity contribution is 5.85. The van der Waals surface area contributed by atoms with E-state index < -0.39 is 0 Å². The molecule has 6 heteroatoms. The van der Waals surface area contributed by atoms with Gasteiger partial charge >= 0.3 is 0 Å². The van der Waals surface area contributed by atoms with Crippen molar-refractivity contribution in [2.75, 3.05) is 19.7 Å². The number of ether oxygens (including phenoxy) is 1. The molecule has 26 heavy (non-hydrogen) atoms. The molecule has 0 saturated carbocycles. The molecule has 0 atom stereocenters. The SMILES string of the molecule is Cl.c1cc2c(cc1-c1noc(-c3ccc4c(c3)CCNCC4)n1)CCO2. The summed E-state index contributed by atoms with van der Waals surface area (Å²) >= 11 is 0. The number of halogens is 1. The lowest BCUT2D eigenvalue weighted by Gasteiger charge is -2.05. The van der Waals surface area contributed by atoms with Gasteiger partial charge in [0.1, 0.15) is 5.75 Å². The minimum absolute atomic E-state index is 0. The highest BCUT2D eigenvalue weighted by Gasteiger charge is 2.17. The first kappa shape index (κ1) is 17.1. The van der Waals surface area contributed by atoms with Crippen molar-refractivity contribution in [3.8, 4) is 28.6 Å². The van der Waals surface area contributed by atoms with Gasteiger partial charge in [0.15, 0.2) is 0 Å². The molecule has 1 N–H and O–H groups in total. The van der Waals surface area contributed by atoms with Crippen LogP contribution in [-0.4, -0.2) is 29.8 Å². The van der Waals surface area contributed by atoms with Crippen LogP contribution in [0, 0.1) is 0 Å². The summed E-state index contributed by atoms with van der Waals surface area (Å²) in [6.45, 7) is 2.81. The lowest BCUT2D eigenvalue weighted by Crippen LogP contribution is -2.16. The molecule has 0 bridgehead atoms. The number of benzene rings is 2. The Morgan fingerprint density at radius 3 is 2.58 bits per heavy atom. The van der Waals surface area contributed by atoms with E-state index >= 15 is 0 Å². The van der Waals surface area contributed by atoms with Gasteiger partial charge in [-0.1, -0.05) is 11.2 Å². The van der Waals surface area contributed by atoms with Crippen LogP contribution < -0.4 is 10.1 Å². The van der Waals surface area contributed by atoms with Gasteiger partial charge in [0.2, 0.25) is 5.82 Å². The van der Waals surface area contributed by atoms with Crippen molar-refractivity contribution in [3.05, 3.63) is 53.1 Å². The second-order valence-electron chi connectivity index (χ2n) is 6.58. The number of fused-ring (bicyclic) bond motifs is 2. The summed E-state index contributed by atoms with van der Waals surface area (Å²) in [6, 6.07) is 12.5. The molecule has 5 nitrogen and oxygen atoms in total. The average Bonchev–Trinajstić information content (AvgIpc) is 3.25. The third-order valence-corrected chi connectivity index (χ3v) is 4.97. The maximum absolute atomic E-state index is 5.56. The van der Waals surface area contributed by atoms with Crippen molar-refractivity contribution in [1.82, 2.24) is 15.5 Å². The number of aromatic nitrogens is 2. The quantitative estimate of drug-likeness (QED) is 0.749. The normalized spacial score (nSPS) is 15.4. The number of nitrogens with zero attached hydrogens (tertiary/aromatic N) is 2. The largest absolute Gasteiger partial charge is 0.493 e. The van der Waals surface area contributed by atoms with Gasteiger partial charge in [0.25, 0.3) is 5.89 Å². The Kier molecular flexibility index (Phi) is 4.66. The van der Waals surface area contributed by atoms with E-state index in [1.807, 2.05) is 12.1 Å². The zero-order valence-electron chi connectivity index (χ0n) is 14.3. The van der Waals surface area contributed by atoms with Crippen LogP contribution in [-0.2, 0) is 19.3 Å². The summed E-state index contributed by atoms with van der Waals surface area (Å²) in [5, 5.41) is 7.62. The maximum atomic E-state index is 5.56. The van der Waals surface area contributed by atoms with Crippen molar-refractivity contribution in [2.24, 2.45) is 0 Å². The summed E-state index contributed by atoms with van der Waals surface area (Å²) in [5.41, 5.74) is 5.95. The van der Waals surface area contributed by atoms with Gasteiger partial charge in [-0.15, -0.1) is 12.4 Å². The minimum atomic E-state index is 0. The fraction of sp³-hybridized carbons (Fsp3) is 0.300. The molecule has 3 heterocycles. The highest BCUT2D eigenvalue weighted by Crippen LogP contribution is 2.30. The minimum Gasteiger partial charge on any atom is -0.493 e. The molecule has 5 rings (SSSR count). The van der Waals surface area contributed by atoms with Crippen LogP contribution in [0.1, 0.15) is 16.7 Å². The molecule has 0 saturated heterocycles. The van der Waals surface area contributed by atoms with Gasteiger partial charge in [-0.2, -0.15) is 4.98 Å². The number of hydrogen-bond acceptors (Lipinski definition) is 5. The second kappa shape index (κ2) is 7.09. The molecule has 2 aromatic carbocycles. The van der Waals surface area contributed by atoms with Crippen molar-refractivity contribution in [1.29, 1.82) is 0 Å². The lowest BCUT2D eigenvalue weighted by atomic mass is 10.00. The molecule has 0 spiro atoms. The monoisotopic (exact) mass is 369 g/mol. The number of nitrogens with one attached hydrogen (secondary N) is 1. The van der Waals surface area contributed by atoms with Crippen LogP contribution >= 0.6 is 12.4 Å². The van der Waals surface area contributed by atoms with Crippen LogP contribution in [0.4, 0.5) is 0 Å². The average molecular weight is 370 g/mol. The summed E-state index contributed by atoms with van der Waals surface area (Å²) in [5.74, 6) is 2.17. The van der Waals surface area contributed by atoms with Crippen LogP contribution in [0.25, 0.3) is 22.8 Å². The van der Waals surface area contributed by atoms with Crippen molar-refractivity contribution < 1.29 is 9.26 Å². The molecule has 134 valence electrons. The molecule has 0 radical (unpaired) electrons. The first-order chi connectivity index (χ1) is 12.4. The van der Waals surface area contributed by atoms with Gasteiger partial charge < -0.3 is 14.6 Å². The van der Waals surface area contributed by atoms with Crippen LogP contribution in [0.5, 0.6) is 5.75 Å². The Morgan fingerprint density at radius 1 is 0.846 bits per heavy atom. The molecule has 0 aliphatic carbocycles. The van der Waals surface area contributed by atoms with E-state index in [1.165, 1.54) is 16.7 Å². The van der Waals surface area contributed by atoms with E-state index in [9.17, 15) is 0 Å². The Bertz CT molecular complexity index is 939. The second-order valence-corrected chi connectivity index (χ2v) is 6.58. The van der Waals surface area contributed by atoms with E-state index in [2.05, 4.69) is 39.7 Å². The summed E-state index contributed by atoms with van der Waals surface area (Å²) in [7, 11) is 0. The smallest absolute Gasteiger partial charge is 0.258 e. The fourth-order valence-corrected chi connectivity index (χ4v) is 3.59. The van der Waals surface area contributed by atoms with Crippen LogP contribution in [0.15, 0.2) is 40.9 Å². The fourth-order valence-electron chi connectivity index (χ4n) is 3.59. The van der Waals surface area contributed by atoms with Crippen molar-refractivity contribution in [3.63, 3.8) is 0 Å². The molecular weight excluding hydrogens is 350 g/mol. The topological polar surface area (TPSA) is 60.2 Å². The van der Waals surface area contributed by atoms with Gasteiger partial charge in [-0.05, 0) is 73.0 Å². The predicted molar refractivity (Wildman–Crippen MR) is 102 cm³/mol. The lowest BCUT2D eigenvalue weighted by molar-refractivity contribution is 0.357. The molecule has 1 aromatic heterocycles. The highest BCUT2D eigenvalue weighted by atomic mass is 35.5. The van der Waals surface area contributed by atoms with Gasteiger partial charge in [0, 0.05) is 17.5 Å². The van der Waals surface area contributed by atoms with E-state index in [1.54, 1.807) is 0 Å². The van der Waals surface area contributed by atoms with E-state index in [0.29, 0.717) is 11.7 Å². The molecule has 0 amide bonds. The molecule has 3 aromatic rings. The summed E-state index contributed by atoms with van der Waals surface area (Å²) < 4.78 is 11.1. The van der Waals surface area contributed by atoms with Crippen LogP contribution in [0.3, 0.4) is 0 Å². The molecule has 0 unspecified atom stereocenters. The third kappa shape index (κ3) is 3.08. The van der Waals surface area contributed by atoms with Gasteiger partial charge in [0.05, 0.1) is 6.61 Å². The third-order valence-electron chi connectivity index (χ3n) is 4.97. The van der Waals surface area contributed by atoms with Crippen molar-refractivity contribution >= 4 is 12.4 Å². The van der Waals surface area contributed by atoms with Crippen molar-refractivity contribution in [2.45, 2.75) is 19.3 Å². The molecule has 0 fully saturated rings. The standard InChI is InChI=1S/C20H19N3O2.ClH/c1-2-17(11-14-6-9-21-8-5-13(1)14)20-22-19(23-25-20)16-3-4-18-15(12-16)7-10-24-18;/h1-4,11-12,21H,5-10H2;1H. The maximum Gasteiger partial charge on any atom is 0.258 e. The molecule has 2 aliphatic heterocycles. The number of hydrogen-bond donors (Lipinski definition) is 1. The van der Waals surface area contributed by atoms with E-state index in [-0.39, 0.29) is 12.4 Å². The first-order valence-electron chi connectivity index (χ1n) is 8.79. The van der Waals surface area contributed by atoms with Crippen LogP contribution in [0.2, 0.25) is 0 Å². The Labute approximate surface area is 158 Å². The molecular formula is C20H20ClN3O2. The zero-order valence-corrected chi connectivity index (χ0v) is 15.1. The predicted octanol–water partition coefficient (Wildman–Crippen LogP) is 3.45. The van der Waals surface area contributed by atoms with E-state index in [0.717, 1.165) is 55.8 Å². The van der Waals surface area contributed by atoms with Gasteiger partial charge in [-0.25, -0.2) is 0 Å². The first-order valence-corrected chi connectivity index (χ1v) is 8.79. The molecule has 2 aliphatic rings.